The summed E-state index contributed by atoms with van der Waals surface area (Å²) in [7, 11) is 0. The first-order valence-electron chi connectivity index (χ1n) is 13.0. The molecule has 0 saturated heterocycles. The van der Waals surface area contributed by atoms with Gasteiger partial charge in [-0.1, -0.05) is 41.6 Å². The van der Waals surface area contributed by atoms with Crippen molar-refractivity contribution in [2.75, 3.05) is 17.7 Å². The number of anilines is 1. The highest BCUT2D eigenvalue weighted by atomic mass is 35.5. The summed E-state index contributed by atoms with van der Waals surface area (Å²) in [6.45, 7) is 7.85. The summed E-state index contributed by atoms with van der Waals surface area (Å²) in [5.41, 5.74) is 2.27. The number of nitrogens with one attached hydrogen (secondary N) is 1. The van der Waals surface area contributed by atoms with Crippen LogP contribution in [0.4, 0.5) is 5.00 Å². The molecule has 8 nitrogen and oxygen atoms in total. The van der Waals surface area contributed by atoms with Crippen LogP contribution in [-0.2, 0) is 16.1 Å². The quantitative estimate of drug-likeness (QED) is 0.0678. The number of thiophene rings is 2. The van der Waals surface area contributed by atoms with Gasteiger partial charge in [-0.3, -0.25) is 14.2 Å². The molecule has 5 rings (SSSR count). The lowest BCUT2D eigenvalue weighted by Gasteiger charge is -2.11. The maximum absolute atomic E-state index is 13.5. The van der Waals surface area contributed by atoms with Crippen molar-refractivity contribution in [1.29, 1.82) is 0 Å². The van der Waals surface area contributed by atoms with E-state index < -0.39 is 5.97 Å². The van der Waals surface area contributed by atoms with Crippen molar-refractivity contribution in [3.8, 4) is 22.5 Å². The highest BCUT2D eigenvalue weighted by Crippen LogP contribution is 2.37. The highest BCUT2D eigenvalue weighted by Gasteiger charge is 2.23. The second-order valence-electron chi connectivity index (χ2n) is 9.07. The molecular weight excluding hydrogens is 614 g/mol. The molecule has 0 bridgehead atoms. The molecule has 0 aliphatic rings. The number of carbonyl (C=O) groups is 2. The SMILES string of the molecule is C=CCn1c(SCCC(=O)Nc2scc(-c3ccc(Cl)cc3)c2C(=O)OCC)nc2scc(-c3ccc(C)o3)c2c1=O. The van der Waals surface area contributed by atoms with Crippen molar-refractivity contribution in [3.05, 3.63) is 86.5 Å². The minimum absolute atomic E-state index is 0.129. The Morgan fingerprint density at radius 2 is 1.93 bits per heavy atom. The Bertz CT molecular complexity index is 1840. The second kappa shape index (κ2) is 13.1. The van der Waals surface area contributed by atoms with Gasteiger partial charge in [0.2, 0.25) is 5.91 Å². The van der Waals surface area contributed by atoms with Crippen molar-refractivity contribution in [2.24, 2.45) is 0 Å². The van der Waals surface area contributed by atoms with E-state index in [0.717, 1.165) is 11.3 Å². The number of ether oxygens (including phenoxy) is 1. The van der Waals surface area contributed by atoms with E-state index in [1.54, 1.807) is 29.7 Å². The van der Waals surface area contributed by atoms with Gasteiger partial charge in [-0.15, -0.1) is 29.3 Å². The van der Waals surface area contributed by atoms with E-state index >= 15 is 0 Å². The largest absolute Gasteiger partial charge is 0.462 e. The van der Waals surface area contributed by atoms with Crippen molar-refractivity contribution in [3.63, 3.8) is 0 Å². The molecule has 0 radical (unpaired) electrons. The van der Waals surface area contributed by atoms with Gasteiger partial charge in [0.05, 0.1) is 12.0 Å². The predicted molar refractivity (Wildman–Crippen MR) is 171 cm³/mol. The third kappa shape index (κ3) is 6.24. The number of allylic oxidation sites excluding steroid dienone is 1. The van der Waals surface area contributed by atoms with E-state index in [1.807, 2.05) is 41.9 Å². The van der Waals surface area contributed by atoms with E-state index in [4.69, 9.17) is 25.7 Å². The number of benzene rings is 1. The average Bonchev–Trinajstić information content (AvgIpc) is 3.70. The first-order valence-corrected chi connectivity index (χ1v) is 16.1. The van der Waals surface area contributed by atoms with Crippen molar-refractivity contribution in [2.45, 2.75) is 32.0 Å². The zero-order valence-electron chi connectivity index (χ0n) is 22.8. The number of furan rings is 1. The fourth-order valence-corrected chi connectivity index (χ4v) is 7.30. The molecule has 1 amide bonds. The number of hydrogen-bond donors (Lipinski definition) is 1. The summed E-state index contributed by atoms with van der Waals surface area (Å²) >= 11 is 9.97. The lowest BCUT2D eigenvalue weighted by atomic mass is 10.0. The molecule has 0 saturated carbocycles. The molecule has 42 heavy (non-hydrogen) atoms. The second-order valence-corrected chi connectivity index (χ2v) is 12.3. The monoisotopic (exact) mass is 639 g/mol. The van der Waals surface area contributed by atoms with E-state index in [1.165, 1.54) is 34.4 Å². The van der Waals surface area contributed by atoms with Gasteiger partial charge in [-0.25, -0.2) is 9.78 Å². The maximum Gasteiger partial charge on any atom is 0.341 e. The molecule has 0 spiro atoms. The number of fused-ring (bicyclic) bond motifs is 1. The fourth-order valence-electron chi connectivity index (χ4n) is 4.29. The summed E-state index contributed by atoms with van der Waals surface area (Å²) in [6.07, 6.45) is 1.77. The number of aryl methyl sites for hydroxylation is 1. The van der Waals surface area contributed by atoms with Crippen LogP contribution in [0.25, 0.3) is 32.7 Å². The van der Waals surface area contributed by atoms with Crippen LogP contribution in [-0.4, -0.2) is 33.8 Å². The van der Waals surface area contributed by atoms with Gasteiger partial charge in [0, 0.05) is 45.6 Å². The lowest BCUT2D eigenvalue weighted by molar-refractivity contribution is -0.115. The topological polar surface area (TPSA) is 103 Å². The van der Waals surface area contributed by atoms with E-state index in [9.17, 15) is 14.4 Å². The minimum atomic E-state index is -0.514. The molecule has 1 aromatic carbocycles. The van der Waals surface area contributed by atoms with E-state index in [0.29, 0.717) is 53.6 Å². The lowest BCUT2D eigenvalue weighted by Crippen LogP contribution is -2.23. The van der Waals surface area contributed by atoms with Gasteiger partial charge < -0.3 is 14.5 Å². The van der Waals surface area contributed by atoms with Crippen molar-refractivity contribution in [1.82, 2.24) is 9.55 Å². The molecule has 1 N–H and O–H groups in total. The number of hydrogen-bond acceptors (Lipinski definition) is 9. The normalized spacial score (nSPS) is 11.1. The van der Waals surface area contributed by atoms with Crippen LogP contribution in [0.1, 0.15) is 29.5 Å². The summed E-state index contributed by atoms with van der Waals surface area (Å²) in [5, 5.41) is 8.54. The zero-order valence-corrected chi connectivity index (χ0v) is 26.0. The highest BCUT2D eigenvalue weighted by molar-refractivity contribution is 7.99. The van der Waals surface area contributed by atoms with Crippen molar-refractivity contribution >= 4 is 73.1 Å². The van der Waals surface area contributed by atoms with Crippen LogP contribution in [0.15, 0.2) is 74.2 Å². The Labute approximate surface area is 259 Å². The molecule has 5 aromatic rings. The number of aromatic nitrogens is 2. The van der Waals surface area contributed by atoms with Crippen LogP contribution >= 0.6 is 46.0 Å². The van der Waals surface area contributed by atoms with Gasteiger partial charge in [0.1, 0.15) is 26.9 Å². The number of halogens is 1. The van der Waals surface area contributed by atoms with Gasteiger partial charge >= 0.3 is 5.97 Å². The molecular formula is C30H26ClN3O5S3. The molecule has 4 aromatic heterocycles. The van der Waals surface area contributed by atoms with Crippen LogP contribution < -0.4 is 10.9 Å². The predicted octanol–water partition coefficient (Wildman–Crippen LogP) is 7.89. The molecule has 0 atom stereocenters. The third-order valence-corrected chi connectivity index (χ3v) is 9.21. The molecule has 12 heteroatoms. The molecule has 0 aliphatic carbocycles. The third-order valence-electron chi connectivity index (χ3n) is 6.22. The first-order chi connectivity index (χ1) is 20.3. The summed E-state index contributed by atoms with van der Waals surface area (Å²) in [4.78, 5) is 44.7. The summed E-state index contributed by atoms with van der Waals surface area (Å²) in [5.74, 6) is 0.949. The Hall–Kier alpha value is -3.64. The van der Waals surface area contributed by atoms with Crippen LogP contribution in [0.5, 0.6) is 0 Å². The Morgan fingerprint density at radius 3 is 2.62 bits per heavy atom. The molecule has 216 valence electrons. The van der Waals surface area contributed by atoms with Gasteiger partial charge in [0.15, 0.2) is 5.16 Å². The van der Waals surface area contributed by atoms with E-state index in [2.05, 4.69) is 11.9 Å². The number of carbonyl (C=O) groups excluding carboxylic acids is 2. The Kier molecular flexibility index (Phi) is 9.32. The maximum atomic E-state index is 13.5. The number of thioether (sulfide) groups is 1. The number of rotatable bonds is 11. The molecule has 0 aliphatic heterocycles. The number of esters is 1. The van der Waals surface area contributed by atoms with Crippen molar-refractivity contribution < 1.29 is 18.7 Å². The van der Waals surface area contributed by atoms with Gasteiger partial charge in [-0.05, 0) is 43.7 Å². The van der Waals surface area contributed by atoms with Crippen LogP contribution in [0.2, 0.25) is 5.02 Å². The minimum Gasteiger partial charge on any atom is -0.462 e. The van der Waals surface area contributed by atoms with Crippen LogP contribution in [0.3, 0.4) is 0 Å². The Morgan fingerprint density at radius 1 is 1.17 bits per heavy atom. The summed E-state index contributed by atoms with van der Waals surface area (Å²) < 4.78 is 12.6. The standard InChI is InChI=1S/C30H26ClN3O5S3/c1-4-13-34-28(36)24-21(22-11-6-17(3)39-22)16-42-26(24)33-30(34)40-14-12-23(35)32-27-25(29(37)38-5-2)20(15-41-27)18-7-9-19(31)10-8-18/h4,6-11,15-16H,1,5,12-14H2,2-3H3,(H,32,35). The molecule has 0 fully saturated rings. The molecule has 0 unspecified atom stereocenters. The number of amides is 1. The zero-order chi connectivity index (χ0) is 29.8. The Balaban J connectivity index is 1.33. The van der Waals surface area contributed by atoms with Crippen LogP contribution in [0, 0.1) is 6.92 Å². The van der Waals surface area contributed by atoms with E-state index in [-0.39, 0.29) is 31.0 Å². The van der Waals surface area contributed by atoms with Gasteiger partial charge in [-0.2, -0.15) is 0 Å². The number of nitrogens with zero attached hydrogens (tertiary/aromatic N) is 2. The molecule has 4 heterocycles. The summed E-state index contributed by atoms with van der Waals surface area (Å²) in [6, 6.07) is 10.8. The average molecular weight is 640 g/mol. The first kappa shape index (κ1) is 29.8. The van der Waals surface area contributed by atoms with Gasteiger partial charge in [0.25, 0.3) is 5.56 Å². The smallest absolute Gasteiger partial charge is 0.341 e. The fraction of sp³-hybridized carbons (Fsp3) is 0.200.